The Balaban J connectivity index is 1.40. The van der Waals surface area contributed by atoms with Crippen LogP contribution in [-0.2, 0) is 11.2 Å². The average molecular weight is 398 g/mol. The fraction of sp³-hybridized carbons (Fsp3) is 0.577. The lowest BCUT2D eigenvalue weighted by Crippen LogP contribution is -1.95. The zero-order chi connectivity index (χ0) is 20.6. The third-order valence-corrected chi connectivity index (χ3v) is 5.74. The first-order valence-corrected chi connectivity index (χ1v) is 11.7. The Labute approximate surface area is 177 Å². The van der Waals surface area contributed by atoms with Gasteiger partial charge in [0.1, 0.15) is 0 Å². The molecular weight excluding hydrogens is 358 g/mol. The van der Waals surface area contributed by atoms with Crippen LogP contribution in [0.15, 0.2) is 36.6 Å². The van der Waals surface area contributed by atoms with Gasteiger partial charge in [-0.25, -0.2) is 0 Å². The van der Waals surface area contributed by atoms with E-state index in [2.05, 4.69) is 35.7 Å². The van der Waals surface area contributed by atoms with Crippen molar-refractivity contribution in [3.63, 3.8) is 0 Å². The fourth-order valence-corrected chi connectivity index (χ4v) is 4.04. The van der Waals surface area contributed by atoms with E-state index in [1.807, 2.05) is 12.3 Å². The standard InChI is InChI=1S/C26H39NO2/c28-26(29)21-13-11-9-7-5-3-1-2-4-6-8-10-12-17-23-18-16-20-25-24(23)19-14-15-22-27-25/h14-16,18-20,22,27H,1-13,17,21H2,(H,28,29). The molecule has 160 valence electrons. The second kappa shape index (κ2) is 14.9. The highest BCUT2D eigenvalue weighted by Crippen LogP contribution is 2.25. The van der Waals surface area contributed by atoms with Crippen molar-refractivity contribution < 1.29 is 9.90 Å². The lowest BCUT2D eigenvalue weighted by atomic mass is 9.98. The number of carbonyl (C=O) groups is 1. The molecule has 2 N–H and O–H groups in total. The quantitative estimate of drug-likeness (QED) is 0.281. The molecule has 0 spiro atoms. The van der Waals surface area contributed by atoms with E-state index >= 15 is 0 Å². The van der Waals surface area contributed by atoms with Crippen LogP contribution in [0.5, 0.6) is 0 Å². The van der Waals surface area contributed by atoms with Crippen LogP contribution in [0.2, 0.25) is 0 Å². The van der Waals surface area contributed by atoms with Crippen molar-refractivity contribution in [2.24, 2.45) is 0 Å². The van der Waals surface area contributed by atoms with Crippen LogP contribution in [0.25, 0.3) is 6.08 Å². The molecule has 3 nitrogen and oxygen atoms in total. The van der Waals surface area contributed by atoms with Gasteiger partial charge in [-0.1, -0.05) is 94.9 Å². The van der Waals surface area contributed by atoms with Gasteiger partial charge in [-0.05, 0) is 37.0 Å². The summed E-state index contributed by atoms with van der Waals surface area (Å²) in [5.41, 5.74) is 4.02. The normalized spacial score (nSPS) is 12.4. The van der Waals surface area contributed by atoms with Crippen molar-refractivity contribution in [1.29, 1.82) is 0 Å². The number of benzene rings is 1. The van der Waals surface area contributed by atoms with Gasteiger partial charge in [0.15, 0.2) is 0 Å². The molecule has 0 unspecified atom stereocenters. The van der Waals surface area contributed by atoms with Crippen LogP contribution in [0.1, 0.15) is 101 Å². The van der Waals surface area contributed by atoms with Gasteiger partial charge in [-0.2, -0.15) is 0 Å². The largest absolute Gasteiger partial charge is 0.481 e. The summed E-state index contributed by atoms with van der Waals surface area (Å²) < 4.78 is 0. The lowest BCUT2D eigenvalue weighted by Gasteiger charge is -2.11. The fourth-order valence-electron chi connectivity index (χ4n) is 4.04. The van der Waals surface area contributed by atoms with Gasteiger partial charge < -0.3 is 10.4 Å². The van der Waals surface area contributed by atoms with E-state index in [0.29, 0.717) is 6.42 Å². The smallest absolute Gasteiger partial charge is 0.303 e. The molecule has 2 rings (SSSR count). The number of fused-ring (bicyclic) bond motifs is 1. The van der Waals surface area contributed by atoms with E-state index in [4.69, 9.17) is 5.11 Å². The Morgan fingerprint density at radius 3 is 1.97 bits per heavy atom. The Hall–Kier alpha value is -2.03. The minimum Gasteiger partial charge on any atom is -0.481 e. The maximum Gasteiger partial charge on any atom is 0.303 e. The summed E-state index contributed by atoms with van der Waals surface area (Å²) in [4.78, 5) is 10.4. The molecule has 1 aromatic rings. The van der Waals surface area contributed by atoms with Crippen molar-refractivity contribution >= 4 is 17.7 Å². The van der Waals surface area contributed by atoms with E-state index < -0.39 is 5.97 Å². The number of aryl methyl sites for hydroxylation is 1. The number of hydrogen-bond acceptors (Lipinski definition) is 2. The van der Waals surface area contributed by atoms with Gasteiger partial charge in [0.2, 0.25) is 0 Å². The van der Waals surface area contributed by atoms with E-state index in [1.54, 1.807) is 0 Å². The SMILES string of the molecule is O=C(O)CCCCCCCCCCCCCCCc1cccc2c1C=CC=CN2. The first-order chi connectivity index (χ1) is 14.3. The van der Waals surface area contributed by atoms with E-state index in [9.17, 15) is 4.79 Å². The molecule has 0 saturated heterocycles. The predicted octanol–water partition coefficient (Wildman–Crippen LogP) is 7.73. The highest BCUT2D eigenvalue weighted by Gasteiger charge is 2.06. The second-order valence-corrected chi connectivity index (χ2v) is 8.23. The predicted molar refractivity (Wildman–Crippen MR) is 124 cm³/mol. The third-order valence-electron chi connectivity index (χ3n) is 5.74. The van der Waals surface area contributed by atoms with Gasteiger partial charge in [0.25, 0.3) is 0 Å². The summed E-state index contributed by atoms with van der Waals surface area (Å²) in [5, 5.41) is 12.0. The number of nitrogens with one attached hydrogen (secondary N) is 1. The van der Waals surface area contributed by atoms with Gasteiger partial charge in [-0.3, -0.25) is 4.79 Å². The Bertz CT molecular complexity index is 648. The van der Waals surface area contributed by atoms with Crippen molar-refractivity contribution in [2.75, 3.05) is 5.32 Å². The third kappa shape index (κ3) is 10.3. The zero-order valence-corrected chi connectivity index (χ0v) is 18.0. The number of anilines is 1. The minimum atomic E-state index is -0.661. The van der Waals surface area contributed by atoms with Crippen LogP contribution >= 0.6 is 0 Å². The monoisotopic (exact) mass is 397 g/mol. The van der Waals surface area contributed by atoms with Gasteiger partial charge in [0.05, 0.1) is 0 Å². The van der Waals surface area contributed by atoms with E-state index in [0.717, 1.165) is 12.8 Å². The van der Waals surface area contributed by atoms with Crippen molar-refractivity contribution in [2.45, 2.75) is 96.3 Å². The minimum absolute atomic E-state index is 0.333. The lowest BCUT2D eigenvalue weighted by molar-refractivity contribution is -0.137. The van der Waals surface area contributed by atoms with Gasteiger partial charge in [0, 0.05) is 23.9 Å². The first kappa shape index (κ1) is 23.3. The van der Waals surface area contributed by atoms with Crippen molar-refractivity contribution in [3.8, 4) is 0 Å². The van der Waals surface area contributed by atoms with E-state index in [1.165, 1.54) is 93.9 Å². The van der Waals surface area contributed by atoms with Crippen LogP contribution in [0.4, 0.5) is 5.69 Å². The van der Waals surface area contributed by atoms with E-state index in [-0.39, 0.29) is 0 Å². The zero-order valence-electron chi connectivity index (χ0n) is 18.0. The van der Waals surface area contributed by atoms with Crippen LogP contribution in [0, 0.1) is 0 Å². The number of carboxylic acids is 1. The summed E-state index contributed by atoms with van der Waals surface area (Å²) in [6, 6.07) is 6.57. The average Bonchev–Trinajstić information content (AvgIpc) is 2.96. The van der Waals surface area contributed by atoms with Crippen molar-refractivity contribution in [3.05, 3.63) is 47.7 Å². The molecule has 3 heteroatoms. The molecular formula is C26H39NO2. The molecule has 0 amide bonds. The maximum absolute atomic E-state index is 10.4. The molecule has 1 aliphatic rings. The molecule has 0 saturated carbocycles. The van der Waals surface area contributed by atoms with Crippen LogP contribution in [0.3, 0.4) is 0 Å². The second-order valence-electron chi connectivity index (χ2n) is 8.23. The van der Waals surface area contributed by atoms with Crippen LogP contribution < -0.4 is 5.32 Å². The Morgan fingerprint density at radius 2 is 1.34 bits per heavy atom. The van der Waals surface area contributed by atoms with Crippen molar-refractivity contribution in [1.82, 2.24) is 0 Å². The van der Waals surface area contributed by atoms with Gasteiger partial charge >= 0.3 is 5.97 Å². The number of allylic oxidation sites excluding steroid dienone is 2. The molecule has 0 aromatic heterocycles. The Kier molecular flexibility index (Phi) is 11.9. The molecule has 29 heavy (non-hydrogen) atoms. The highest BCUT2D eigenvalue weighted by molar-refractivity contribution is 5.72. The molecule has 0 radical (unpaired) electrons. The number of aliphatic carboxylic acids is 1. The number of unbranched alkanes of at least 4 members (excludes halogenated alkanes) is 12. The number of hydrogen-bond donors (Lipinski definition) is 2. The topological polar surface area (TPSA) is 49.3 Å². The first-order valence-electron chi connectivity index (χ1n) is 11.7. The summed E-state index contributed by atoms with van der Waals surface area (Å²) in [6.07, 6.45) is 26.3. The van der Waals surface area contributed by atoms with Gasteiger partial charge in [-0.15, -0.1) is 0 Å². The maximum atomic E-state index is 10.4. The molecule has 0 bridgehead atoms. The Morgan fingerprint density at radius 1 is 0.759 bits per heavy atom. The molecule has 0 atom stereocenters. The summed E-state index contributed by atoms with van der Waals surface area (Å²) >= 11 is 0. The number of rotatable bonds is 16. The molecule has 1 aromatic carbocycles. The summed E-state index contributed by atoms with van der Waals surface area (Å²) in [5.74, 6) is -0.661. The molecule has 1 heterocycles. The summed E-state index contributed by atoms with van der Waals surface area (Å²) in [6.45, 7) is 0. The molecule has 0 aliphatic carbocycles. The highest BCUT2D eigenvalue weighted by atomic mass is 16.4. The number of carboxylic acid groups (broad SMARTS) is 1. The molecule has 1 aliphatic heterocycles. The van der Waals surface area contributed by atoms with Crippen LogP contribution in [-0.4, -0.2) is 11.1 Å². The summed E-state index contributed by atoms with van der Waals surface area (Å²) in [7, 11) is 0. The molecule has 0 fully saturated rings.